The molecular weight excluding hydrogens is 388 g/mol. The average Bonchev–Trinajstić information content (AvgIpc) is 2.67. The number of hydrogen-bond acceptors (Lipinski definition) is 4. The number of anilines is 2. The van der Waals surface area contributed by atoms with Crippen molar-refractivity contribution < 1.29 is 0 Å². The number of nitrogen functional groups attached to an aromatic ring is 1. The van der Waals surface area contributed by atoms with E-state index in [0.29, 0.717) is 0 Å². The maximum Gasteiger partial charge on any atom is 0.222 e. The van der Waals surface area contributed by atoms with Gasteiger partial charge < -0.3 is 11.1 Å². The van der Waals surface area contributed by atoms with E-state index in [0.717, 1.165) is 43.4 Å². The first-order valence-corrected chi connectivity index (χ1v) is 9.06. The Bertz CT molecular complexity index is 1110. The summed E-state index contributed by atoms with van der Waals surface area (Å²) in [6.45, 7) is 0. The van der Waals surface area contributed by atoms with Crippen LogP contribution in [0.2, 0.25) is 0 Å². The molecule has 0 unspecified atom stereocenters. The Labute approximate surface area is 160 Å². The van der Waals surface area contributed by atoms with Crippen LogP contribution in [0.3, 0.4) is 0 Å². The Morgan fingerprint density at radius 3 is 2.27 bits per heavy atom. The fourth-order valence-corrected chi connectivity index (χ4v) is 3.65. The number of fused-ring (bicyclic) bond motifs is 1. The predicted octanol–water partition coefficient (Wildman–Crippen LogP) is 5.35. The molecule has 26 heavy (non-hydrogen) atoms. The first-order chi connectivity index (χ1) is 12.7. The standard InChI is InChI=1S/C21H17BrN4/c1-24-20-17-11-10-13(12-19(17)25-21(23)26-20)14-6-2-3-7-15(14)16-8-4-5-9-18(16)22/h2-12H,1H3,(H3,23,24,25,26). The van der Waals surface area contributed by atoms with Crippen LogP contribution in [0.25, 0.3) is 33.2 Å². The molecule has 3 aromatic carbocycles. The van der Waals surface area contributed by atoms with E-state index in [-0.39, 0.29) is 5.95 Å². The van der Waals surface area contributed by atoms with Crippen molar-refractivity contribution in [3.8, 4) is 22.3 Å². The minimum absolute atomic E-state index is 0.262. The zero-order valence-corrected chi connectivity index (χ0v) is 15.8. The fraction of sp³-hybridized carbons (Fsp3) is 0.0476. The number of benzene rings is 3. The maximum absolute atomic E-state index is 5.86. The lowest BCUT2D eigenvalue weighted by atomic mass is 9.94. The summed E-state index contributed by atoms with van der Waals surface area (Å²) in [5.41, 5.74) is 11.2. The van der Waals surface area contributed by atoms with Crippen molar-refractivity contribution >= 4 is 38.6 Å². The van der Waals surface area contributed by atoms with E-state index in [1.807, 2.05) is 31.3 Å². The number of nitrogens with one attached hydrogen (secondary N) is 1. The summed E-state index contributed by atoms with van der Waals surface area (Å²) in [6.07, 6.45) is 0. The van der Waals surface area contributed by atoms with Crippen molar-refractivity contribution in [1.82, 2.24) is 9.97 Å². The molecule has 5 heteroatoms. The van der Waals surface area contributed by atoms with Crippen molar-refractivity contribution in [1.29, 1.82) is 0 Å². The van der Waals surface area contributed by atoms with Gasteiger partial charge in [-0.15, -0.1) is 0 Å². The molecule has 3 N–H and O–H groups in total. The Morgan fingerprint density at radius 1 is 0.846 bits per heavy atom. The zero-order valence-electron chi connectivity index (χ0n) is 14.2. The Hall–Kier alpha value is -2.92. The minimum atomic E-state index is 0.262. The van der Waals surface area contributed by atoms with E-state index in [4.69, 9.17) is 5.73 Å². The third kappa shape index (κ3) is 2.91. The highest BCUT2D eigenvalue weighted by molar-refractivity contribution is 9.10. The van der Waals surface area contributed by atoms with E-state index in [1.165, 1.54) is 0 Å². The van der Waals surface area contributed by atoms with Crippen molar-refractivity contribution in [2.24, 2.45) is 0 Å². The molecule has 0 atom stereocenters. The molecule has 0 amide bonds. The second-order valence-corrected chi connectivity index (χ2v) is 6.79. The summed E-state index contributed by atoms with van der Waals surface area (Å²) >= 11 is 3.66. The largest absolute Gasteiger partial charge is 0.372 e. The molecule has 4 rings (SSSR count). The molecule has 0 spiro atoms. The second kappa shape index (κ2) is 6.77. The van der Waals surface area contributed by atoms with Gasteiger partial charge in [0.15, 0.2) is 0 Å². The second-order valence-electron chi connectivity index (χ2n) is 5.94. The molecule has 0 bridgehead atoms. The van der Waals surface area contributed by atoms with Crippen LogP contribution >= 0.6 is 15.9 Å². The summed E-state index contributed by atoms with van der Waals surface area (Å²) in [7, 11) is 1.83. The van der Waals surface area contributed by atoms with Gasteiger partial charge in [0.1, 0.15) is 5.82 Å². The van der Waals surface area contributed by atoms with E-state index < -0.39 is 0 Å². The van der Waals surface area contributed by atoms with Crippen LogP contribution in [0.4, 0.5) is 11.8 Å². The zero-order chi connectivity index (χ0) is 18.1. The highest BCUT2D eigenvalue weighted by Crippen LogP contribution is 2.37. The number of hydrogen-bond donors (Lipinski definition) is 2. The van der Waals surface area contributed by atoms with E-state index in [2.05, 4.69) is 73.7 Å². The Morgan fingerprint density at radius 2 is 1.54 bits per heavy atom. The third-order valence-corrected chi connectivity index (χ3v) is 5.04. The predicted molar refractivity (Wildman–Crippen MR) is 112 cm³/mol. The van der Waals surface area contributed by atoms with Crippen LogP contribution < -0.4 is 11.1 Å². The van der Waals surface area contributed by atoms with Gasteiger partial charge in [0.25, 0.3) is 0 Å². The van der Waals surface area contributed by atoms with E-state index in [9.17, 15) is 0 Å². The summed E-state index contributed by atoms with van der Waals surface area (Å²) in [6, 6.07) is 22.8. The van der Waals surface area contributed by atoms with E-state index in [1.54, 1.807) is 0 Å². The lowest BCUT2D eigenvalue weighted by Gasteiger charge is -2.13. The normalized spacial score (nSPS) is 10.8. The van der Waals surface area contributed by atoms with Crippen LogP contribution in [-0.4, -0.2) is 17.0 Å². The van der Waals surface area contributed by atoms with Crippen LogP contribution in [0.1, 0.15) is 0 Å². The molecule has 0 saturated heterocycles. The van der Waals surface area contributed by atoms with Gasteiger partial charge in [-0.2, -0.15) is 4.98 Å². The topological polar surface area (TPSA) is 63.8 Å². The van der Waals surface area contributed by atoms with Crippen molar-refractivity contribution in [3.05, 3.63) is 71.2 Å². The fourth-order valence-electron chi connectivity index (χ4n) is 3.16. The molecule has 0 saturated carbocycles. The molecular formula is C21H17BrN4. The average molecular weight is 405 g/mol. The van der Waals surface area contributed by atoms with Gasteiger partial charge in [-0.05, 0) is 40.5 Å². The highest BCUT2D eigenvalue weighted by Gasteiger charge is 2.12. The number of nitrogens with two attached hydrogens (primary N) is 1. The maximum atomic E-state index is 5.86. The van der Waals surface area contributed by atoms with Crippen LogP contribution in [0, 0.1) is 0 Å². The van der Waals surface area contributed by atoms with E-state index >= 15 is 0 Å². The summed E-state index contributed by atoms with van der Waals surface area (Å²) < 4.78 is 1.07. The van der Waals surface area contributed by atoms with Crippen LogP contribution in [0.15, 0.2) is 71.2 Å². The molecule has 0 aliphatic rings. The van der Waals surface area contributed by atoms with Crippen LogP contribution in [-0.2, 0) is 0 Å². The summed E-state index contributed by atoms with van der Waals surface area (Å²) in [5, 5.41) is 4.03. The van der Waals surface area contributed by atoms with Crippen molar-refractivity contribution in [2.75, 3.05) is 18.1 Å². The van der Waals surface area contributed by atoms with Gasteiger partial charge >= 0.3 is 0 Å². The number of rotatable bonds is 3. The molecule has 128 valence electrons. The summed E-state index contributed by atoms with van der Waals surface area (Å²) in [4.78, 5) is 8.66. The Kier molecular flexibility index (Phi) is 4.31. The molecule has 0 fully saturated rings. The van der Waals surface area contributed by atoms with Crippen LogP contribution in [0.5, 0.6) is 0 Å². The number of nitrogens with zero attached hydrogens (tertiary/aromatic N) is 2. The molecule has 1 heterocycles. The highest BCUT2D eigenvalue weighted by atomic mass is 79.9. The molecule has 1 aromatic heterocycles. The van der Waals surface area contributed by atoms with Gasteiger partial charge in [0, 0.05) is 16.9 Å². The Balaban J connectivity index is 1.93. The van der Waals surface area contributed by atoms with Gasteiger partial charge in [0.2, 0.25) is 5.95 Å². The van der Waals surface area contributed by atoms with Gasteiger partial charge in [0.05, 0.1) is 5.52 Å². The third-order valence-electron chi connectivity index (χ3n) is 4.35. The van der Waals surface area contributed by atoms with Crippen molar-refractivity contribution in [2.45, 2.75) is 0 Å². The number of aromatic nitrogens is 2. The molecule has 0 radical (unpaired) electrons. The smallest absolute Gasteiger partial charge is 0.222 e. The molecule has 0 aliphatic carbocycles. The monoisotopic (exact) mass is 404 g/mol. The SMILES string of the molecule is CNc1nc(N)nc2cc(-c3ccccc3-c3ccccc3Br)ccc12. The van der Waals surface area contributed by atoms with Gasteiger partial charge in [-0.1, -0.05) is 64.5 Å². The molecule has 0 aliphatic heterocycles. The summed E-state index contributed by atoms with van der Waals surface area (Å²) in [5.74, 6) is 0.997. The van der Waals surface area contributed by atoms with Gasteiger partial charge in [-0.3, -0.25) is 0 Å². The first-order valence-electron chi connectivity index (χ1n) is 8.26. The lowest BCUT2D eigenvalue weighted by molar-refractivity contribution is 1.22. The quantitative estimate of drug-likeness (QED) is 0.482. The molecule has 4 nitrogen and oxygen atoms in total. The van der Waals surface area contributed by atoms with Gasteiger partial charge in [-0.25, -0.2) is 4.98 Å². The minimum Gasteiger partial charge on any atom is -0.372 e. The molecule has 4 aromatic rings. The first kappa shape index (κ1) is 16.5. The number of halogens is 1. The lowest BCUT2D eigenvalue weighted by Crippen LogP contribution is -2.01. The van der Waals surface area contributed by atoms with Crippen molar-refractivity contribution in [3.63, 3.8) is 0 Å².